The second kappa shape index (κ2) is 5.49. The number of methoxy groups -OCH3 is 1. The average molecular weight is 285 g/mol. The summed E-state index contributed by atoms with van der Waals surface area (Å²) in [5.74, 6) is -0.311. The van der Waals surface area contributed by atoms with Gasteiger partial charge in [-0.3, -0.25) is 4.79 Å². The summed E-state index contributed by atoms with van der Waals surface area (Å²) in [5.41, 5.74) is 0.824. The quantitative estimate of drug-likeness (QED) is 0.801. The minimum absolute atomic E-state index is 0.311. The lowest BCUT2D eigenvalue weighted by Crippen LogP contribution is -2.30. The van der Waals surface area contributed by atoms with Crippen LogP contribution in [0.25, 0.3) is 0 Å². The Bertz CT molecular complexity index is 478. The molecule has 0 saturated carbocycles. The SMILES string of the molecule is COC(=O)C(C)(C)c1cc(Cl)cc(C2OCCO2)c1. The van der Waals surface area contributed by atoms with Gasteiger partial charge in [-0.1, -0.05) is 11.6 Å². The van der Waals surface area contributed by atoms with Crippen LogP contribution in [0.1, 0.15) is 31.3 Å². The molecule has 2 rings (SSSR count). The van der Waals surface area contributed by atoms with Gasteiger partial charge in [-0.05, 0) is 37.6 Å². The van der Waals surface area contributed by atoms with Crippen LogP contribution < -0.4 is 0 Å². The molecule has 0 aromatic heterocycles. The molecule has 0 bridgehead atoms. The van der Waals surface area contributed by atoms with Crippen molar-refractivity contribution in [3.63, 3.8) is 0 Å². The Kier molecular flexibility index (Phi) is 4.13. The standard InChI is InChI=1S/C14H17ClO4/c1-14(2,13(16)17-3)10-6-9(7-11(15)8-10)12-18-4-5-19-12/h6-8,12H,4-5H2,1-3H3. The van der Waals surface area contributed by atoms with Crippen molar-refractivity contribution in [3.05, 3.63) is 34.3 Å². The maximum Gasteiger partial charge on any atom is 0.315 e. The molecule has 0 N–H and O–H groups in total. The van der Waals surface area contributed by atoms with E-state index in [1.54, 1.807) is 26.0 Å². The highest BCUT2D eigenvalue weighted by molar-refractivity contribution is 6.30. The summed E-state index contributed by atoms with van der Waals surface area (Å²) in [6.07, 6.45) is -0.411. The fraction of sp³-hybridized carbons (Fsp3) is 0.500. The summed E-state index contributed by atoms with van der Waals surface area (Å²) in [7, 11) is 1.37. The predicted molar refractivity (Wildman–Crippen MR) is 71.1 cm³/mol. The molecule has 1 aromatic rings. The van der Waals surface area contributed by atoms with Crippen LogP contribution in [0, 0.1) is 0 Å². The molecule has 19 heavy (non-hydrogen) atoms. The maximum atomic E-state index is 11.9. The van der Waals surface area contributed by atoms with Gasteiger partial charge in [-0.2, -0.15) is 0 Å². The van der Waals surface area contributed by atoms with Gasteiger partial charge in [0, 0.05) is 10.6 Å². The van der Waals surface area contributed by atoms with E-state index in [1.807, 2.05) is 6.07 Å². The van der Waals surface area contributed by atoms with Crippen LogP contribution in [-0.4, -0.2) is 26.3 Å². The van der Waals surface area contributed by atoms with Gasteiger partial charge in [0.15, 0.2) is 6.29 Å². The van der Waals surface area contributed by atoms with E-state index in [2.05, 4.69) is 0 Å². The number of esters is 1. The first kappa shape index (κ1) is 14.3. The van der Waals surface area contributed by atoms with Gasteiger partial charge in [0.1, 0.15) is 0 Å². The topological polar surface area (TPSA) is 44.8 Å². The Labute approximate surface area is 117 Å². The molecule has 0 amide bonds. The van der Waals surface area contributed by atoms with E-state index in [1.165, 1.54) is 7.11 Å². The van der Waals surface area contributed by atoms with Crippen molar-refractivity contribution in [3.8, 4) is 0 Å². The Morgan fingerprint density at radius 3 is 2.53 bits per heavy atom. The second-order valence-electron chi connectivity index (χ2n) is 4.96. The maximum absolute atomic E-state index is 11.9. The molecule has 1 aliphatic rings. The summed E-state index contributed by atoms with van der Waals surface area (Å²) in [6, 6.07) is 5.42. The summed E-state index contributed by atoms with van der Waals surface area (Å²) >= 11 is 6.12. The molecule has 1 fully saturated rings. The second-order valence-corrected chi connectivity index (χ2v) is 5.40. The molecular weight excluding hydrogens is 268 g/mol. The molecule has 1 aromatic carbocycles. The molecule has 5 heteroatoms. The van der Waals surface area contributed by atoms with Crippen LogP contribution in [0.4, 0.5) is 0 Å². The van der Waals surface area contributed by atoms with Crippen molar-refractivity contribution < 1.29 is 19.0 Å². The number of hydrogen-bond donors (Lipinski definition) is 0. The zero-order valence-electron chi connectivity index (χ0n) is 11.2. The van der Waals surface area contributed by atoms with Crippen LogP contribution in [0.5, 0.6) is 0 Å². The molecule has 104 valence electrons. The zero-order chi connectivity index (χ0) is 14.0. The molecule has 0 radical (unpaired) electrons. The summed E-state index contributed by atoms with van der Waals surface area (Å²) in [6.45, 7) is 4.72. The molecular formula is C14H17ClO4. The third kappa shape index (κ3) is 2.91. The van der Waals surface area contributed by atoms with Crippen LogP contribution in [0.3, 0.4) is 0 Å². The van der Waals surface area contributed by atoms with Crippen molar-refractivity contribution in [2.24, 2.45) is 0 Å². The molecule has 0 spiro atoms. The van der Waals surface area contributed by atoms with Gasteiger partial charge in [0.05, 0.1) is 25.7 Å². The van der Waals surface area contributed by atoms with Gasteiger partial charge in [0.2, 0.25) is 0 Å². The largest absolute Gasteiger partial charge is 0.468 e. The molecule has 1 saturated heterocycles. The Balaban J connectivity index is 2.38. The Morgan fingerprint density at radius 2 is 1.95 bits per heavy atom. The summed E-state index contributed by atoms with van der Waals surface area (Å²) < 4.78 is 15.7. The van der Waals surface area contributed by atoms with Crippen LogP contribution in [-0.2, 0) is 24.4 Å². The fourth-order valence-electron chi connectivity index (χ4n) is 2.03. The lowest BCUT2D eigenvalue weighted by molar-refractivity contribution is -0.146. The van der Waals surface area contributed by atoms with Crippen molar-refractivity contribution in [1.82, 2.24) is 0 Å². The number of rotatable bonds is 3. The first-order valence-electron chi connectivity index (χ1n) is 6.07. The number of carbonyl (C=O) groups is 1. The van der Waals surface area contributed by atoms with Crippen molar-refractivity contribution in [1.29, 1.82) is 0 Å². The van der Waals surface area contributed by atoms with Gasteiger partial charge >= 0.3 is 5.97 Å². The molecule has 0 unspecified atom stereocenters. The van der Waals surface area contributed by atoms with Gasteiger partial charge in [0.25, 0.3) is 0 Å². The smallest absolute Gasteiger partial charge is 0.315 e. The summed E-state index contributed by atoms with van der Waals surface area (Å²) in [5, 5.41) is 0.545. The first-order chi connectivity index (χ1) is 8.95. The minimum atomic E-state index is -0.771. The normalized spacial score (nSPS) is 16.6. The van der Waals surface area contributed by atoms with E-state index in [-0.39, 0.29) is 5.97 Å². The van der Waals surface area contributed by atoms with Crippen LogP contribution in [0.2, 0.25) is 5.02 Å². The fourth-order valence-corrected chi connectivity index (χ4v) is 2.28. The van der Waals surface area contributed by atoms with E-state index in [4.69, 9.17) is 25.8 Å². The Morgan fingerprint density at radius 1 is 1.32 bits per heavy atom. The van der Waals surface area contributed by atoms with Gasteiger partial charge in [-0.15, -0.1) is 0 Å². The highest BCUT2D eigenvalue weighted by atomic mass is 35.5. The lowest BCUT2D eigenvalue weighted by Gasteiger charge is -2.23. The lowest BCUT2D eigenvalue weighted by atomic mass is 9.84. The van der Waals surface area contributed by atoms with Crippen molar-refractivity contribution >= 4 is 17.6 Å². The number of benzene rings is 1. The average Bonchev–Trinajstić information content (AvgIpc) is 2.90. The molecule has 1 aliphatic heterocycles. The third-order valence-electron chi connectivity index (χ3n) is 3.23. The number of carbonyl (C=O) groups excluding carboxylic acids is 1. The monoisotopic (exact) mass is 284 g/mol. The van der Waals surface area contributed by atoms with Crippen molar-refractivity contribution in [2.45, 2.75) is 25.6 Å². The molecule has 4 nitrogen and oxygen atoms in total. The van der Waals surface area contributed by atoms with Crippen LogP contribution >= 0.6 is 11.6 Å². The van der Waals surface area contributed by atoms with E-state index < -0.39 is 11.7 Å². The highest BCUT2D eigenvalue weighted by Gasteiger charge is 2.32. The van der Waals surface area contributed by atoms with E-state index in [0.717, 1.165) is 11.1 Å². The number of hydrogen-bond acceptors (Lipinski definition) is 4. The van der Waals surface area contributed by atoms with Crippen LogP contribution in [0.15, 0.2) is 18.2 Å². The number of ether oxygens (including phenoxy) is 3. The highest BCUT2D eigenvalue weighted by Crippen LogP contribution is 2.32. The van der Waals surface area contributed by atoms with Crippen molar-refractivity contribution in [2.75, 3.05) is 20.3 Å². The molecule has 0 aliphatic carbocycles. The van der Waals surface area contributed by atoms with E-state index in [9.17, 15) is 4.79 Å². The molecule has 0 atom stereocenters. The molecule has 1 heterocycles. The zero-order valence-corrected chi connectivity index (χ0v) is 12.0. The van der Waals surface area contributed by atoms with Gasteiger partial charge < -0.3 is 14.2 Å². The van der Waals surface area contributed by atoms with E-state index in [0.29, 0.717) is 18.2 Å². The van der Waals surface area contributed by atoms with E-state index >= 15 is 0 Å². The number of halogens is 1. The minimum Gasteiger partial charge on any atom is -0.468 e. The van der Waals surface area contributed by atoms with Gasteiger partial charge in [-0.25, -0.2) is 0 Å². The Hall–Kier alpha value is -1.10. The first-order valence-corrected chi connectivity index (χ1v) is 6.45. The third-order valence-corrected chi connectivity index (χ3v) is 3.45. The summed E-state index contributed by atoms with van der Waals surface area (Å²) in [4.78, 5) is 11.9. The predicted octanol–water partition coefficient (Wildman–Crippen LogP) is 2.84.